The molecule has 0 aromatic rings. The van der Waals surface area contributed by atoms with E-state index >= 15 is 0 Å². The molecular weight excluding hydrogens is 170 g/mol. The molecule has 84 valence electrons. The number of hydrogen-bond acceptors (Lipinski definition) is 1. The summed E-state index contributed by atoms with van der Waals surface area (Å²) in [7, 11) is 0. The Kier molecular flexibility index (Phi) is 4.94. The lowest BCUT2D eigenvalue weighted by Crippen LogP contribution is -2.39. The zero-order chi connectivity index (χ0) is 10.6. The lowest BCUT2D eigenvalue weighted by atomic mass is 9.93. The van der Waals surface area contributed by atoms with E-state index < -0.39 is 0 Å². The van der Waals surface area contributed by atoms with Gasteiger partial charge in [-0.2, -0.15) is 0 Å². The molecule has 14 heavy (non-hydrogen) atoms. The van der Waals surface area contributed by atoms with Gasteiger partial charge in [0.1, 0.15) is 0 Å². The van der Waals surface area contributed by atoms with Gasteiger partial charge in [0.25, 0.3) is 0 Å². The Morgan fingerprint density at radius 1 is 1.14 bits per heavy atom. The highest BCUT2D eigenvalue weighted by Gasteiger charge is 2.31. The Morgan fingerprint density at radius 3 is 2.21 bits per heavy atom. The van der Waals surface area contributed by atoms with Crippen molar-refractivity contribution in [3.63, 3.8) is 0 Å². The summed E-state index contributed by atoms with van der Waals surface area (Å²) >= 11 is 0. The molecule has 0 heterocycles. The maximum absolute atomic E-state index is 3.83. The first-order valence-corrected chi connectivity index (χ1v) is 6.48. The first-order valence-electron chi connectivity index (χ1n) is 6.48. The Hall–Kier alpha value is -0.0400. The standard InChI is InChI=1S/C13H27N/c1-5-11-8-9-13(10(11)4)14-12(6-2)7-3/h10-14H,5-9H2,1-4H3. The summed E-state index contributed by atoms with van der Waals surface area (Å²) in [4.78, 5) is 0. The van der Waals surface area contributed by atoms with Crippen LogP contribution in [0.4, 0.5) is 0 Å². The summed E-state index contributed by atoms with van der Waals surface area (Å²) in [5.74, 6) is 1.86. The monoisotopic (exact) mass is 197 g/mol. The maximum Gasteiger partial charge on any atom is 0.00980 e. The van der Waals surface area contributed by atoms with Crippen LogP contribution in [0.25, 0.3) is 0 Å². The average molecular weight is 197 g/mol. The van der Waals surface area contributed by atoms with Gasteiger partial charge in [-0.05, 0) is 37.5 Å². The fourth-order valence-corrected chi connectivity index (χ4v) is 2.89. The van der Waals surface area contributed by atoms with Crippen molar-refractivity contribution < 1.29 is 0 Å². The van der Waals surface area contributed by atoms with Gasteiger partial charge >= 0.3 is 0 Å². The van der Waals surface area contributed by atoms with Crippen LogP contribution >= 0.6 is 0 Å². The molecule has 0 bridgehead atoms. The molecule has 0 spiro atoms. The third kappa shape index (κ3) is 2.73. The van der Waals surface area contributed by atoms with Gasteiger partial charge < -0.3 is 5.32 Å². The molecule has 1 rings (SSSR count). The molecule has 1 saturated carbocycles. The van der Waals surface area contributed by atoms with E-state index in [2.05, 4.69) is 33.0 Å². The second-order valence-corrected chi connectivity index (χ2v) is 4.89. The third-order valence-electron chi connectivity index (χ3n) is 4.19. The molecule has 0 aromatic carbocycles. The van der Waals surface area contributed by atoms with Crippen LogP contribution in [-0.2, 0) is 0 Å². The van der Waals surface area contributed by atoms with Crippen LogP contribution in [0, 0.1) is 11.8 Å². The second-order valence-electron chi connectivity index (χ2n) is 4.89. The van der Waals surface area contributed by atoms with Crippen LogP contribution in [0.3, 0.4) is 0 Å². The van der Waals surface area contributed by atoms with Crippen LogP contribution in [0.2, 0.25) is 0 Å². The lowest BCUT2D eigenvalue weighted by Gasteiger charge is -2.25. The zero-order valence-electron chi connectivity index (χ0n) is 10.3. The van der Waals surface area contributed by atoms with Gasteiger partial charge in [-0.25, -0.2) is 0 Å². The van der Waals surface area contributed by atoms with Crippen molar-refractivity contribution in [2.24, 2.45) is 11.8 Å². The average Bonchev–Trinajstić information content (AvgIpc) is 2.56. The van der Waals surface area contributed by atoms with Crippen molar-refractivity contribution in [3.05, 3.63) is 0 Å². The normalized spacial score (nSPS) is 32.8. The highest BCUT2D eigenvalue weighted by Crippen LogP contribution is 2.34. The van der Waals surface area contributed by atoms with E-state index in [0.29, 0.717) is 0 Å². The minimum absolute atomic E-state index is 0.748. The Morgan fingerprint density at radius 2 is 1.79 bits per heavy atom. The van der Waals surface area contributed by atoms with Gasteiger partial charge in [-0.15, -0.1) is 0 Å². The maximum atomic E-state index is 3.83. The fraction of sp³-hybridized carbons (Fsp3) is 1.00. The van der Waals surface area contributed by atoms with Gasteiger partial charge in [0.15, 0.2) is 0 Å². The van der Waals surface area contributed by atoms with Crippen molar-refractivity contribution in [2.45, 2.75) is 71.9 Å². The molecule has 0 amide bonds. The zero-order valence-corrected chi connectivity index (χ0v) is 10.3. The molecule has 1 N–H and O–H groups in total. The van der Waals surface area contributed by atoms with Crippen molar-refractivity contribution in [3.8, 4) is 0 Å². The molecule has 0 radical (unpaired) electrons. The van der Waals surface area contributed by atoms with Gasteiger partial charge in [0.2, 0.25) is 0 Å². The predicted octanol–water partition coefficient (Wildman–Crippen LogP) is 3.59. The molecule has 1 aliphatic carbocycles. The molecule has 0 saturated heterocycles. The van der Waals surface area contributed by atoms with E-state index in [-0.39, 0.29) is 0 Å². The first-order chi connectivity index (χ1) is 6.72. The summed E-state index contributed by atoms with van der Waals surface area (Å²) in [6, 6.07) is 1.54. The third-order valence-corrected chi connectivity index (χ3v) is 4.19. The molecule has 3 atom stereocenters. The molecule has 0 aromatic heterocycles. The van der Waals surface area contributed by atoms with Gasteiger partial charge in [0.05, 0.1) is 0 Å². The largest absolute Gasteiger partial charge is 0.311 e. The minimum Gasteiger partial charge on any atom is -0.311 e. The summed E-state index contributed by atoms with van der Waals surface area (Å²) in [5.41, 5.74) is 0. The SMILES string of the molecule is CCC(CC)NC1CCC(CC)C1C. The fourth-order valence-electron chi connectivity index (χ4n) is 2.89. The summed E-state index contributed by atoms with van der Waals surface area (Å²) in [5, 5.41) is 3.83. The van der Waals surface area contributed by atoms with Crippen LogP contribution in [-0.4, -0.2) is 12.1 Å². The van der Waals surface area contributed by atoms with Crippen LogP contribution < -0.4 is 5.32 Å². The summed E-state index contributed by atoms with van der Waals surface area (Å²) in [6.07, 6.45) is 6.75. The van der Waals surface area contributed by atoms with Gasteiger partial charge in [-0.1, -0.05) is 34.1 Å². The predicted molar refractivity (Wildman–Crippen MR) is 63.5 cm³/mol. The quantitative estimate of drug-likeness (QED) is 0.710. The van der Waals surface area contributed by atoms with Crippen molar-refractivity contribution in [1.29, 1.82) is 0 Å². The molecule has 0 aliphatic heterocycles. The number of rotatable bonds is 5. The molecular formula is C13H27N. The second kappa shape index (κ2) is 5.75. The lowest BCUT2D eigenvalue weighted by molar-refractivity contribution is 0.313. The van der Waals surface area contributed by atoms with E-state index in [1.807, 2.05) is 0 Å². The topological polar surface area (TPSA) is 12.0 Å². The number of hydrogen-bond donors (Lipinski definition) is 1. The van der Waals surface area contributed by atoms with E-state index in [4.69, 9.17) is 0 Å². The van der Waals surface area contributed by atoms with Crippen LogP contribution in [0.1, 0.15) is 59.8 Å². The van der Waals surface area contributed by atoms with Gasteiger partial charge in [-0.3, -0.25) is 0 Å². The van der Waals surface area contributed by atoms with Crippen molar-refractivity contribution in [2.75, 3.05) is 0 Å². The smallest absolute Gasteiger partial charge is 0.00980 e. The van der Waals surface area contributed by atoms with E-state index in [1.54, 1.807) is 0 Å². The van der Waals surface area contributed by atoms with Crippen molar-refractivity contribution in [1.82, 2.24) is 5.32 Å². The van der Waals surface area contributed by atoms with E-state index in [9.17, 15) is 0 Å². The van der Waals surface area contributed by atoms with E-state index in [1.165, 1.54) is 32.1 Å². The molecule has 1 aliphatic rings. The molecule has 3 unspecified atom stereocenters. The van der Waals surface area contributed by atoms with Crippen LogP contribution in [0.15, 0.2) is 0 Å². The highest BCUT2D eigenvalue weighted by atomic mass is 15.0. The summed E-state index contributed by atoms with van der Waals surface area (Å²) in [6.45, 7) is 9.35. The van der Waals surface area contributed by atoms with Gasteiger partial charge in [0, 0.05) is 12.1 Å². The molecule has 1 fully saturated rings. The summed E-state index contributed by atoms with van der Waals surface area (Å²) < 4.78 is 0. The number of nitrogens with one attached hydrogen (secondary N) is 1. The Balaban J connectivity index is 2.38. The minimum atomic E-state index is 0.748. The van der Waals surface area contributed by atoms with E-state index in [0.717, 1.165) is 23.9 Å². The first kappa shape index (κ1) is 12.0. The highest BCUT2D eigenvalue weighted by molar-refractivity contribution is 4.87. The Bertz CT molecular complexity index is 151. The molecule has 1 heteroatoms. The Labute approximate surface area is 89.7 Å². The van der Waals surface area contributed by atoms with Crippen LogP contribution in [0.5, 0.6) is 0 Å². The van der Waals surface area contributed by atoms with Crippen molar-refractivity contribution >= 4 is 0 Å². The molecule has 1 nitrogen and oxygen atoms in total.